The molecule has 1 heterocycles. The maximum absolute atomic E-state index is 12.0. The summed E-state index contributed by atoms with van der Waals surface area (Å²) in [6.07, 6.45) is 0.193. The average molecular weight is 342 g/mol. The second-order valence-corrected chi connectivity index (χ2v) is 7.71. The van der Waals surface area contributed by atoms with Crippen LogP contribution in [0.5, 0.6) is 0 Å². The van der Waals surface area contributed by atoms with Crippen LogP contribution in [0.3, 0.4) is 0 Å². The number of halogens is 1. The minimum absolute atomic E-state index is 0.120. The minimum Gasteiger partial charge on any atom is -0.480 e. The molecule has 5 nitrogen and oxygen atoms in total. The van der Waals surface area contributed by atoms with E-state index in [-0.39, 0.29) is 11.3 Å². The summed E-state index contributed by atoms with van der Waals surface area (Å²) in [5.41, 5.74) is 0. The molecule has 96 valence electrons. The highest BCUT2D eigenvalue weighted by molar-refractivity contribution is 9.11. The lowest BCUT2D eigenvalue weighted by Crippen LogP contribution is -2.40. The maximum atomic E-state index is 12.0. The summed E-state index contributed by atoms with van der Waals surface area (Å²) in [5.74, 6) is -1.18. The molecule has 0 aliphatic carbocycles. The van der Waals surface area contributed by atoms with Crippen LogP contribution in [0.4, 0.5) is 0 Å². The van der Waals surface area contributed by atoms with Crippen molar-refractivity contribution in [3.05, 3.63) is 14.7 Å². The largest absolute Gasteiger partial charge is 0.480 e. The van der Waals surface area contributed by atoms with E-state index in [1.807, 2.05) is 0 Å². The zero-order valence-electron chi connectivity index (χ0n) is 9.23. The number of nitrogens with one attached hydrogen (secondary N) is 1. The molecule has 0 aliphatic rings. The van der Waals surface area contributed by atoms with Gasteiger partial charge in [-0.3, -0.25) is 4.79 Å². The first kappa shape index (κ1) is 14.6. The van der Waals surface area contributed by atoms with E-state index in [1.54, 1.807) is 13.8 Å². The Kier molecular flexibility index (Phi) is 4.70. The second-order valence-electron chi connectivity index (χ2n) is 3.39. The molecule has 17 heavy (non-hydrogen) atoms. The molecule has 0 bridgehead atoms. The Morgan fingerprint density at radius 1 is 1.65 bits per heavy atom. The molecule has 0 fully saturated rings. The van der Waals surface area contributed by atoms with Gasteiger partial charge >= 0.3 is 5.97 Å². The van der Waals surface area contributed by atoms with Crippen LogP contribution in [0.1, 0.15) is 18.2 Å². The summed E-state index contributed by atoms with van der Waals surface area (Å²) >= 11 is 4.49. The van der Waals surface area contributed by atoms with Gasteiger partial charge < -0.3 is 5.11 Å². The molecule has 1 rings (SSSR count). The topological polar surface area (TPSA) is 83.5 Å². The SMILES string of the molecule is CCC(NS(=O)(=O)c1cc(Br)sc1C)C(=O)O. The lowest BCUT2D eigenvalue weighted by atomic mass is 10.2. The lowest BCUT2D eigenvalue weighted by Gasteiger charge is -2.12. The average Bonchev–Trinajstić information content (AvgIpc) is 2.54. The summed E-state index contributed by atoms with van der Waals surface area (Å²) in [7, 11) is -3.78. The van der Waals surface area contributed by atoms with Gasteiger partial charge in [0.2, 0.25) is 10.0 Å². The number of carboxylic acid groups (broad SMARTS) is 1. The minimum atomic E-state index is -3.78. The first-order chi connectivity index (χ1) is 7.77. The van der Waals surface area contributed by atoms with Crippen LogP contribution in [0.15, 0.2) is 14.7 Å². The van der Waals surface area contributed by atoms with Crippen molar-refractivity contribution in [3.8, 4) is 0 Å². The predicted octanol–water partition coefficient (Wildman–Crippen LogP) is 1.96. The molecule has 0 radical (unpaired) electrons. The standard InChI is InChI=1S/C9H12BrNO4S2/c1-3-6(9(12)13)11-17(14,15)7-4-8(10)16-5(7)2/h4,6,11H,3H2,1-2H3,(H,12,13). The fourth-order valence-corrected chi connectivity index (χ4v) is 4.94. The van der Waals surface area contributed by atoms with Gasteiger partial charge in [-0.2, -0.15) is 4.72 Å². The Morgan fingerprint density at radius 2 is 2.24 bits per heavy atom. The molecule has 0 amide bonds. The summed E-state index contributed by atoms with van der Waals surface area (Å²) in [6, 6.07) is 0.370. The third-order valence-corrected chi connectivity index (χ3v) is 5.42. The van der Waals surface area contributed by atoms with Crippen molar-refractivity contribution < 1.29 is 18.3 Å². The molecule has 1 aromatic heterocycles. The van der Waals surface area contributed by atoms with Crippen LogP contribution < -0.4 is 4.72 Å². The van der Waals surface area contributed by atoms with Gasteiger partial charge in [0, 0.05) is 4.88 Å². The van der Waals surface area contributed by atoms with Gasteiger partial charge in [-0.15, -0.1) is 11.3 Å². The Bertz CT molecular complexity index is 523. The quantitative estimate of drug-likeness (QED) is 0.857. The number of carbonyl (C=O) groups is 1. The van der Waals surface area contributed by atoms with Gasteiger partial charge in [0.15, 0.2) is 0 Å². The normalized spacial score (nSPS) is 13.6. The van der Waals surface area contributed by atoms with Gasteiger partial charge in [-0.05, 0) is 35.3 Å². The number of aliphatic carboxylic acids is 1. The first-order valence-corrected chi connectivity index (χ1v) is 7.88. The van der Waals surface area contributed by atoms with Gasteiger partial charge in [0.25, 0.3) is 0 Å². The molecule has 0 aromatic carbocycles. The monoisotopic (exact) mass is 341 g/mol. The summed E-state index contributed by atoms with van der Waals surface area (Å²) in [6.45, 7) is 3.28. The molecule has 0 aliphatic heterocycles. The van der Waals surface area contributed by atoms with Crippen molar-refractivity contribution in [1.82, 2.24) is 4.72 Å². The van der Waals surface area contributed by atoms with E-state index in [2.05, 4.69) is 20.7 Å². The fraction of sp³-hybridized carbons (Fsp3) is 0.444. The van der Waals surface area contributed by atoms with Crippen LogP contribution in [0.2, 0.25) is 0 Å². The van der Waals surface area contributed by atoms with Crippen molar-refractivity contribution in [1.29, 1.82) is 0 Å². The Balaban J connectivity index is 3.04. The number of hydrogen-bond donors (Lipinski definition) is 2. The zero-order chi connectivity index (χ0) is 13.2. The highest BCUT2D eigenvalue weighted by Crippen LogP contribution is 2.29. The van der Waals surface area contributed by atoms with Crippen molar-refractivity contribution in [3.63, 3.8) is 0 Å². The maximum Gasteiger partial charge on any atom is 0.321 e. The van der Waals surface area contributed by atoms with Gasteiger partial charge in [-0.1, -0.05) is 6.92 Å². The van der Waals surface area contributed by atoms with Crippen LogP contribution in [-0.4, -0.2) is 25.5 Å². The third-order valence-electron chi connectivity index (χ3n) is 2.14. The number of carboxylic acids is 1. The summed E-state index contributed by atoms with van der Waals surface area (Å²) in [5, 5.41) is 8.82. The van der Waals surface area contributed by atoms with Crippen LogP contribution in [0, 0.1) is 6.92 Å². The van der Waals surface area contributed by atoms with Gasteiger partial charge in [0.1, 0.15) is 6.04 Å². The third kappa shape index (κ3) is 3.51. The number of hydrogen-bond acceptors (Lipinski definition) is 4. The number of thiophene rings is 1. The smallest absolute Gasteiger partial charge is 0.321 e. The fourth-order valence-electron chi connectivity index (χ4n) is 1.26. The van der Waals surface area contributed by atoms with E-state index in [9.17, 15) is 13.2 Å². The molecule has 1 unspecified atom stereocenters. The second kappa shape index (κ2) is 5.47. The lowest BCUT2D eigenvalue weighted by molar-refractivity contribution is -0.139. The molecule has 0 saturated carbocycles. The molecular formula is C9H12BrNO4S2. The zero-order valence-corrected chi connectivity index (χ0v) is 12.4. The molecule has 1 aromatic rings. The van der Waals surface area contributed by atoms with E-state index < -0.39 is 22.0 Å². The molecule has 0 saturated heterocycles. The summed E-state index contributed by atoms with van der Waals surface area (Å²) in [4.78, 5) is 11.5. The van der Waals surface area contributed by atoms with E-state index in [0.29, 0.717) is 8.66 Å². The first-order valence-electron chi connectivity index (χ1n) is 4.79. The van der Waals surface area contributed by atoms with Gasteiger partial charge in [0.05, 0.1) is 8.68 Å². The summed E-state index contributed by atoms with van der Waals surface area (Å²) < 4.78 is 26.8. The molecular weight excluding hydrogens is 330 g/mol. The highest BCUT2D eigenvalue weighted by Gasteiger charge is 2.26. The molecule has 0 spiro atoms. The van der Waals surface area contributed by atoms with Crippen molar-refractivity contribution in [2.45, 2.75) is 31.2 Å². The number of aryl methyl sites for hydroxylation is 1. The van der Waals surface area contributed by atoms with Crippen molar-refractivity contribution in [2.24, 2.45) is 0 Å². The van der Waals surface area contributed by atoms with E-state index in [4.69, 9.17) is 5.11 Å². The van der Waals surface area contributed by atoms with E-state index in [0.717, 1.165) is 0 Å². The predicted molar refractivity (Wildman–Crippen MR) is 68.8 cm³/mol. The Hall–Kier alpha value is -0.440. The van der Waals surface area contributed by atoms with Crippen LogP contribution >= 0.6 is 27.3 Å². The van der Waals surface area contributed by atoms with Crippen LogP contribution in [-0.2, 0) is 14.8 Å². The Labute approximate surface area is 112 Å². The number of rotatable bonds is 5. The Morgan fingerprint density at radius 3 is 2.59 bits per heavy atom. The van der Waals surface area contributed by atoms with E-state index in [1.165, 1.54) is 17.4 Å². The van der Waals surface area contributed by atoms with Crippen LogP contribution in [0.25, 0.3) is 0 Å². The van der Waals surface area contributed by atoms with E-state index >= 15 is 0 Å². The molecule has 8 heteroatoms. The van der Waals surface area contributed by atoms with Crippen molar-refractivity contribution >= 4 is 43.3 Å². The van der Waals surface area contributed by atoms with Gasteiger partial charge in [-0.25, -0.2) is 8.42 Å². The molecule has 2 N–H and O–H groups in total. The number of sulfonamides is 1. The molecule has 1 atom stereocenters. The van der Waals surface area contributed by atoms with Crippen molar-refractivity contribution in [2.75, 3.05) is 0 Å². The highest BCUT2D eigenvalue weighted by atomic mass is 79.9.